The molecule has 1 fully saturated rings. The van der Waals surface area contributed by atoms with E-state index in [1.54, 1.807) is 17.0 Å². The topological polar surface area (TPSA) is 65.1 Å². The molecule has 2 aromatic carbocycles. The first-order valence-electron chi connectivity index (χ1n) is 14.4. The molecule has 0 unspecified atom stereocenters. The van der Waals surface area contributed by atoms with Crippen molar-refractivity contribution < 1.29 is 18.7 Å². The number of nitrogens with zero attached hydrogens (tertiary/aromatic N) is 3. The predicted octanol–water partition coefficient (Wildman–Crippen LogP) is 5.06. The second-order valence-corrected chi connectivity index (χ2v) is 10.2. The second kappa shape index (κ2) is 17.6. The van der Waals surface area contributed by atoms with Gasteiger partial charge in [0, 0.05) is 52.4 Å². The minimum absolute atomic E-state index is 0.0117. The van der Waals surface area contributed by atoms with Crippen LogP contribution in [0, 0.1) is 5.82 Å². The smallest absolute Gasteiger partial charge is 0.317 e. The summed E-state index contributed by atoms with van der Waals surface area (Å²) in [6, 6.07) is 16.1. The maximum Gasteiger partial charge on any atom is 0.317 e. The summed E-state index contributed by atoms with van der Waals surface area (Å²) in [5.41, 5.74) is 1.95. The highest BCUT2D eigenvalue weighted by atomic mass is 19.1. The molecule has 1 N–H and O–H groups in total. The number of amides is 3. The Kier molecular flexibility index (Phi) is 13.8. The Hall–Kier alpha value is -2.97. The van der Waals surface area contributed by atoms with Gasteiger partial charge in [-0.2, -0.15) is 0 Å². The lowest BCUT2D eigenvalue weighted by Gasteiger charge is -2.36. The first-order chi connectivity index (χ1) is 19.0. The minimum atomic E-state index is -0.282. The molecule has 8 heteroatoms. The summed E-state index contributed by atoms with van der Waals surface area (Å²) < 4.78 is 19.0. The molecule has 0 radical (unpaired) electrons. The molecule has 3 amide bonds. The molecule has 0 saturated carbocycles. The third-order valence-electron chi connectivity index (χ3n) is 7.13. The Bertz CT molecular complexity index is 966. The van der Waals surface area contributed by atoms with E-state index < -0.39 is 0 Å². The number of hydrogen-bond donors (Lipinski definition) is 1. The molecule has 3 rings (SSSR count). The van der Waals surface area contributed by atoms with Crippen molar-refractivity contribution in [2.45, 2.75) is 58.6 Å². The van der Waals surface area contributed by atoms with Crippen LogP contribution in [0.1, 0.15) is 56.6 Å². The zero-order chi connectivity index (χ0) is 27.7. The van der Waals surface area contributed by atoms with E-state index in [-0.39, 0.29) is 24.4 Å². The highest BCUT2D eigenvalue weighted by Crippen LogP contribution is 2.10. The van der Waals surface area contributed by atoms with E-state index in [1.807, 2.05) is 35.2 Å². The van der Waals surface area contributed by atoms with Gasteiger partial charge in [-0.15, -0.1) is 0 Å². The van der Waals surface area contributed by atoms with Crippen molar-refractivity contribution in [2.75, 3.05) is 52.4 Å². The standard InChI is InChI=1S/C31H45FN4O3/c1-2-3-4-5-6-10-17-33-31(38)36(24-27-13-15-29(32)16-14-27)23-20-34-18-21-35(22-19-34)30(37)26-39-25-28-11-8-7-9-12-28/h7-9,11-16H,2-6,10,17-26H2,1H3,(H,33,38). The van der Waals surface area contributed by atoms with E-state index in [2.05, 4.69) is 17.1 Å². The summed E-state index contributed by atoms with van der Waals surface area (Å²) in [4.78, 5) is 31.5. The number of benzene rings is 2. The number of rotatable bonds is 16. The van der Waals surface area contributed by atoms with E-state index in [0.717, 1.165) is 43.6 Å². The van der Waals surface area contributed by atoms with Gasteiger partial charge in [0.05, 0.1) is 6.61 Å². The van der Waals surface area contributed by atoms with Crippen molar-refractivity contribution in [2.24, 2.45) is 0 Å². The van der Waals surface area contributed by atoms with Crippen LogP contribution < -0.4 is 5.32 Å². The van der Waals surface area contributed by atoms with Gasteiger partial charge in [0.25, 0.3) is 0 Å². The molecule has 1 aliphatic heterocycles. The quantitative estimate of drug-likeness (QED) is 0.303. The summed E-state index contributed by atoms with van der Waals surface area (Å²) in [5.74, 6) is -0.270. The van der Waals surface area contributed by atoms with Crippen LogP contribution in [-0.4, -0.2) is 79.1 Å². The van der Waals surface area contributed by atoms with Gasteiger partial charge in [-0.1, -0.05) is 81.5 Å². The Morgan fingerprint density at radius 1 is 0.897 bits per heavy atom. The van der Waals surface area contributed by atoms with E-state index in [9.17, 15) is 14.0 Å². The van der Waals surface area contributed by atoms with Gasteiger partial charge in [0.2, 0.25) is 5.91 Å². The van der Waals surface area contributed by atoms with Crippen molar-refractivity contribution >= 4 is 11.9 Å². The zero-order valence-corrected chi connectivity index (χ0v) is 23.5. The molecule has 0 aromatic heterocycles. The van der Waals surface area contributed by atoms with Crippen molar-refractivity contribution in [3.8, 4) is 0 Å². The number of nitrogens with one attached hydrogen (secondary N) is 1. The lowest BCUT2D eigenvalue weighted by atomic mass is 10.1. The molecule has 0 spiro atoms. The summed E-state index contributed by atoms with van der Waals surface area (Å²) in [5, 5.41) is 3.07. The number of carbonyl (C=O) groups is 2. The van der Waals surface area contributed by atoms with Crippen molar-refractivity contribution in [3.05, 3.63) is 71.5 Å². The maximum atomic E-state index is 13.4. The van der Waals surface area contributed by atoms with Crippen molar-refractivity contribution in [1.82, 2.24) is 20.0 Å². The molecule has 2 aromatic rings. The molecule has 0 atom stereocenters. The molecular weight excluding hydrogens is 495 g/mol. The largest absolute Gasteiger partial charge is 0.367 e. The first kappa shape index (κ1) is 30.6. The van der Waals surface area contributed by atoms with Crippen LogP contribution in [0.5, 0.6) is 0 Å². The summed E-state index contributed by atoms with van der Waals surface area (Å²) in [6.45, 7) is 7.91. The fourth-order valence-corrected chi connectivity index (χ4v) is 4.68. The van der Waals surface area contributed by atoms with E-state index in [0.29, 0.717) is 39.3 Å². The molecule has 1 heterocycles. The monoisotopic (exact) mass is 540 g/mol. The van der Waals surface area contributed by atoms with Gasteiger partial charge < -0.3 is 19.9 Å². The molecule has 0 bridgehead atoms. The molecule has 214 valence electrons. The number of carbonyl (C=O) groups excluding carboxylic acids is 2. The zero-order valence-electron chi connectivity index (χ0n) is 23.5. The summed E-state index contributed by atoms with van der Waals surface area (Å²) >= 11 is 0. The SMILES string of the molecule is CCCCCCCCNC(=O)N(CCN1CCN(C(=O)COCc2ccccc2)CC1)Cc1ccc(F)cc1. The van der Waals surface area contributed by atoms with Crippen molar-refractivity contribution in [3.63, 3.8) is 0 Å². The van der Waals surface area contributed by atoms with Crippen LogP contribution in [-0.2, 0) is 22.7 Å². The number of urea groups is 1. The Morgan fingerprint density at radius 2 is 1.59 bits per heavy atom. The average Bonchev–Trinajstić information content (AvgIpc) is 2.96. The molecular formula is C31H45FN4O3. The lowest BCUT2D eigenvalue weighted by Crippen LogP contribution is -2.52. The van der Waals surface area contributed by atoms with Crippen LogP contribution in [0.3, 0.4) is 0 Å². The van der Waals surface area contributed by atoms with Crippen LogP contribution in [0.4, 0.5) is 9.18 Å². The average molecular weight is 541 g/mol. The number of hydrogen-bond acceptors (Lipinski definition) is 4. The first-order valence-corrected chi connectivity index (χ1v) is 14.4. The van der Waals surface area contributed by atoms with Gasteiger partial charge in [-0.05, 0) is 29.7 Å². The fraction of sp³-hybridized carbons (Fsp3) is 0.548. The molecule has 1 saturated heterocycles. The van der Waals surface area contributed by atoms with E-state index in [4.69, 9.17) is 4.74 Å². The fourth-order valence-electron chi connectivity index (χ4n) is 4.68. The predicted molar refractivity (Wildman–Crippen MR) is 153 cm³/mol. The Morgan fingerprint density at radius 3 is 2.31 bits per heavy atom. The number of halogens is 1. The van der Waals surface area contributed by atoms with Gasteiger partial charge in [-0.3, -0.25) is 9.69 Å². The van der Waals surface area contributed by atoms with Crippen LogP contribution in [0.2, 0.25) is 0 Å². The van der Waals surface area contributed by atoms with Crippen molar-refractivity contribution in [1.29, 1.82) is 0 Å². The number of ether oxygens (including phenoxy) is 1. The van der Waals surface area contributed by atoms with E-state index >= 15 is 0 Å². The third kappa shape index (κ3) is 11.8. The van der Waals surface area contributed by atoms with Gasteiger partial charge in [-0.25, -0.2) is 9.18 Å². The lowest BCUT2D eigenvalue weighted by molar-refractivity contribution is -0.138. The second-order valence-electron chi connectivity index (χ2n) is 10.2. The Labute approximate surface area is 233 Å². The third-order valence-corrected chi connectivity index (χ3v) is 7.13. The number of piperazine rings is 1. The van der Waals surface area contributed by atoms with Crippen LogP contribution in [0.15, 0.2) is 54.6 Å². The van der Waals surface area contributed by atoms with Gasteiger partial charge >= 0.3 is 6.03 Å². The highest BCUT2D eigenvalue weighted by molar-refractivity contribution is 5.77. The minimum Gasteiger partial charge on any atom is -0.367 e. The summed E-state index contributed by atoms with van der Waals surface area (Å²) in [7, 11) is 0. The highest BCUT2D eigenvalue weighted by Gasteiger charge is 2.22. The summed E-state index contributed by atoms with van der Waals surface area (Å²) in [6.07, 6.45) is 7.05. The van der Waals surface area contributed by atoms with Crippen LogP contribution in [0.25, 0.3) is 0 Å². The van der Waals surface area contributed by atoms with Gasteiger partial charge in [0.1, 0.15) is 12.4 Å². The Balaban J connectivity index is 1.40. The van der Waals surface area contributed by atoms with Crippen LogP contribution >= 0.6 is 0 Å². The van der Waals surface area contributed by atoms with Gasteiger partial charge in [0.15, 0.2) is 0 Å². The normalized spacial score (nSPS) is 13.8. The molecule has 7 nitrogen and oxygen atoms in total. The molecule has 0 aliphatic carbocycles. The maximum absolute atomic E-state index is 13.4. The van der Waals surface area contributed by atoms with E-state index in [1.165, 1.54) is 37.8 Å². The number of unbranched alkanes of at least 4 members (excludes halogenated alkanes) is 5. The molecule has 1 aliphatic rings. The molecule has 39 heavy (non-hydrogen) atoms.